The summed E-state index contributed by atoms with van der Waals surface area (Å²) in [5.74, 6) is 1.04. The average Bonchev–Trinajstić information content (AvgIpc) is 2.23. The van der Waals surface area contributed by atoms with Gasteiger partial charge in [-0.25, -0.2) is 0 Å². The lowest BCUT2D eigenvalue weighted by Crippen LogP contribution is -2.57. The zero-order valence-corrected chi connectivity index (χ0v) is 9.32. The Labute approximate surface area is 91.7 Å². The minimum Gasteiger partial charge on any atom is -0.313 e. The van der Waals surface area contributed by atoms with E-state index in [-0.39, 0.29) is 0 Å². The van der Waals surface area contributed by atoms with Crippen molar-refractivity contribution in [2.45, 2.75) is 37.8 Å². The first kappa shape index (κ1) is 10.7. The maximum atomic E-state index is 6.04. The monoisotopic (exact) mass is 204 g/mol. The van der Waals surface area contributed by atoms with Crippen molar-refractivity contribution in [3.8, 4) is 0 Å². The van der Waals surface area contributed by atoms with Crippen LogP contribution in [0.4, 0.5) is 0 Å². The van der Waals surface area contributed by atoms with Crippen LogP contribution in [0.25, 0.3) is 0 Å². The van der Waals surface area contributed by atoms with Crippen molar-refractivity contribution < 1.29 is 0 Å². The van der Waals surface area contributed by atoms with Crippen LogP contribution >= 0.6 is 0 Å². The van der Waals surface area contributed by atoms with E-state index in [2.05, 4.69) is 37.3 Å². The van der Waals surface area contributed by atoms with E-state index < -0.39 is 5.66 Å². The summed E-state index contributed by atoms with van der Waals surface area (Å²) in [6.45, 7) is 2.16. The number of rotatable bonds is 1. The Balaban J connectivity index is 2.10. The van der Waals surface area contributed by atoms with Crippen LogP contribution in [0.1, 0.15) is 37.7 Å². The zero-order chi connectivity index (χ0) is 10.9. The van der Waals surface area contributed by atoms with E-state index in [9.17, 15) is 0 Å². The maximum Gasteiger partial charge on any atom is 0.0663 e. The normalized spacial score (nSPS) is 30.1. The molecule has 0 heterocycles. The first-order chi connectivity index (χ1) is 7.09. The fraction of sp³-hybridized carbons (Fsp3) is 0.538. The maximum absolute atomic E-state index is 6.04. The van der Waals surface area contributed by atoms with E-state index in [1.165, 1.54) is 5.56 Å². The standard InChI is InChI=1S/C13H20N2/c1-10-9-12(7-8-13(10,14)15)11-5-3-2-4-6-11/h2-6,10,12H,7-9,14-15H2,1H3. The summed E-state index contributed by atoms with van der Waals surface area (Å²) in [6.07, 6.45) is 3.14. The van der Waals surface area contributed by atoms with Crippen molar-refractivity contribution in [1.29, 1.82) is 0 Å². The van der Waals surface area contributed by atoms with Crippen LogP contribution in [0.3, 0.4) is 0 Å². The summed E-state index contributed by atoms with van der Waals surface area (Å²) in [6, 6.07) is 10.7. The first-order valence-electron chi connectivity index (χ1n) is 5.72. The van der Waals surface area contributed by atoms with Crippen LogP contribution < -0.4 is 11.5 Å². The molecule has 0 bridgehead atoms. The van der Waals surface area contributed by atoms with Crippen LogP contribution in [0.5, 0.6) is 0 Å². The molecule has 1 aliphatic carbocycles. The molecule has 2 nitrogen and oxygen atoms in total. The summed E-state index contributed by atoms with van der Waals surface area (Å²) in [7, 11) is 0. The molecule has 1 aromatic carbocycles. The Kier molecular flexibility index (Phi) is 2.81. The van der Waals surface area contributed by atoms with Crippen molar-refractivity contribution in [2.75, 3.05) is 0 Å². The van der Waals surface area contributed by atoms with E-state index >= 15 is 0 Å². The van der Waals surface area contributed by atoms with E-state index in [1.807, 2.05) is 0 Å². The lowest BCUT2D eigenvalue weighted by Gasteiger charge is -2.40. The van der Waals surface area contributed by atoms with E-state index in [4.69, 9.17) is 11.5 Å². The Morgan fingerprint density at radius 1 is 1.20 bits per heavy atom. The fourth-order valence-electron chi connectivity index (χ4n) is 2.46. The van der Waals surface area contributed by atoms with Gasteiger partial charge in [0.15, 0.2) is 0 Å². The molecule has 2 rings (SSSR count). The van der Waals surface area contributed by atoms with Crippen molar-refractivity contribution >= 4 is 0 Å². The lowest BCUT2D eigenvalue weighted by molar-refractivity contribution is 0.193. The second-order valence-electron chi connectivity index (χ2n) is 4.90. The third kappa shape index (κ3) is 2.21. The molecule has 1 saturated carbocycles. The number of hydrogen-bond acceptors (Lipinski definition) is 2. The molecule has 0 aliphatic heterocycles. The SMILES string of the molecule is CC1CC(c2ccccc2)CCC1(N)N. The summed E-state index contributed by atoms with van der Waals surface area (Å²) < 4.78 is 0. The molecular weight excluding hydrogens is 184 g/mol. The van der Waals surface area contributed by atoms with Gasteiger partial charge in [0, 0.05) is 0 Å². The largest absolute Gasteiger partial charge is 0.313 e. The molecule has 2 heteroatoms. The minimum absolute atomic E-state index is 0.399. The molecule has 4 N–H and O–H groups in total. The van der Waals surface area contributed by atoms with Crippen molar-refractivity contribution in [3.63, 3.8) is 0 Å². The average molecular weight is 204 g/mol. The highest BCUT2D eigenvalue weighted by atomic mass is 15.0. The summed E-state index contributed by atoms with van der Waals surface area (Å²) in [5.41, 5.74) is 13.1. The number of hydrogen-bond donors (Lipinski definition) is 2. The molecule has 0 aromatic heterocycles. The summed E-state index contributed by atoms with van der Waals surface area (Å²) in [5, 5.41) is 0. The third-order valence-corrected chi connectivity index (χ3v) is 3.75. The number of benzene rings is 1. The van der Waals surface area contributed by atoms with Crippen LogP contribution in [0, 0.1) is 5.92 Å². The Hall–Kier alpha value is -0.860. The summed E-state index contributed by atoms with van der Waals surface area (Å²) >= 11 is 0. The van der Waals surface area contributed by atoms with Gasteiger partial charge < -0.3 is 11.5 Å². The quantitative estimate of drug-likeness (QED) is 0.689. The van der Waals surface area contributed by atoms with Crippen LogP contribution in [0.15, 0.2) is 30.3 Å². The fourth-order valence-corrected chi connectivity index (χ4v) is 2.46. The highest BCUT2D eigenvalue weighted by Gasteiger charge is 2.34. The van der Waals surface area contributed by atoms with Crippen molar-refractivity contribution in [2.24, 2.45) is 17.4 Å². The molecule has 2 unspecified atom stereocenters. The van der Waals surface area contributed by atoms with Gasteiger partial charge in [-0.1, -0.05) is 37.3 Å². The van der Waals surface area contributed by atoms with E-state index in [1.54, 1.807) is 0 Å². The topological polar surface area (TPSA) is 52.0 Å². The van der Waals surface area contributed by atoms with Gasteiger partial charge in [-0.3, -0.25) is 0 Å². The molecule has 0 radical (unpaired) electrons. The van der Waals surface area contributed by atoms with Crippen molar-refractivity contribution in [3.05, 3.63) is 35.9 Å². The Bertz CT molecular complexity index is 319. The van der Waals surface area contributed by atoms with Gasteiger partial charge in [0.25, 0.3) is 0 Å². The highest BCUT2D eigenvalue weighted by molar-refractivity contribution is 5.20. The van der Waals surface area contributed by atoms with Gasteiger partial charge in [0.2, 0.25) is 0 Å². The second kappa shape index (κ2) is 3.95. The molecule has 82 valence electrons. The third-order valence-electron chi connectivity index (χ3n) is 3.75. The Morgan fingerprint density at radius 3 is 2.47 bits per heavy atom. The molecule has 0 amide bonds. The Morgan fingerprint density at radius 2 is 1.87 bits per heavy atom. The molecule has 1 aromatic rings. The van der Waals surface area contributed by atoms with E-state index in [0.29, 0.717) is 11.8 Å². The van der Waals surface area contributed by atoms with Gasteiger partial charge in [-0.05, 0) is 36.7 Å². The van der Waals surface area contributed by atoms with Crippen LogP contribution in [0.2, 0.25) is 0 Å². The lowest BCUT2D eigenvalue weighted by atomic mass is 9.73. The van der Waals surface area contributed by atoms with Gasteiger partial charge in [0.1, 0.15) is 0 Å². The van der Waals surface area contributed by atoms with Crippen LogP contribution in [-0.4, -0.2) is 5.66 Å². The predicted molar refractivity (Wildman–Crippen MR) is 63.3 cm³/mol. The molecular formula is C13H20N2. The predicted octanol–water partition coefficient (Wildman–Crippen LogP) is 2.20. The molecule has 1 aliphatic rings. The molecule has 1 fully saturated rings. The molecule has 2 atom stereocenters. The molecule has 0 spiro atoms. The van der Waals surface area contributed by atoms with Gasteiger partial charge in [-0.2, -0.15) is 0 Å². The van der Waals surface area contributed by atoms with Crippen molar-refractivity contribution in [1.82, 2.24) is 0 Å². The van der Waals surface area contributed by atoms with E-state index in [0.717, 1.165) is 19.3 Å². The second-order valence-corrected chi connectivity index (χ2v) is 4.90. The zero-order valence-electron chi connectivity index (χ0n) is 9.32. The minimum atomic E-state index is -0.453. The van der Waals surface area contributed by atoms with Gasteiger partial charge in [0.05, 0.1) is 5.66 Å². The molecule has 15 heavy (non-hydrogen) atoms. The summed E-state index contributed by atoms with van der Waals surface area (Å²) in [4.78, 5) is 0. The highest BCUT2D eigenvalue weighted by Crippen LogP contribution is 2.38. The van der Waals surface area contributed by atoms with Crippen LogP contribution in [-0.2, 0) is 0 Å². The van der Waals surface area contributed by atoms with Gasteiger partial charge >= 0.3 is 0 Å². The number of nitrogens with two attached hydrogens (primary N) is 2. The first-order valence-corrected chi connectivity index (χ1v) is 5.72. The molecule has 0 saturated heterocycles. The smallest absolute Gasteiger partial charge is 0.0663 e. The van der Waals surface area contributed by atoms with Gasteiger partial charge in [-0.15, -0.1) is 0 Å².